The van der Waals surface area contributed by atoms with Crippen molar-refractivity contribution in [3.05, 3.63) is 35.3 Å². The van der Waals surface area contributed by atoms with Gasteiger partial charge >= 0.3 is 0 Å². The Morgan fingerprint density at radius 3 is 3.00 bits per heavy atom. The van der Waals surface area contributed by atoms with Crippen molar-refractivity contribution in [2.75, 3.05) is 6.26 Å². The number of hydrogen-bond acceptors (Lipinski definition) is 1. The minimum absolute atomic E-state index is 1.16. The first-order chi connectivity index (χ1) is 4.88. The summed E-state index contributed by atoms with van der Waals surface area (Å²) < 4.78 is 0. The van der Waals surface area contributed by atoms with Gasteiger partial charge in [0.15, 0.2) is 0 Å². The normalized spacial score (nSPS) is 17.7. The Balaban J connectivity index is 2.83. The maximum absolute atomic E-state index is 3.78. The molecule has 0 aromatic carbocycles. The van der Waals surface area contributed by atoms with E-state index in [1.165, 1.54) is 16.9 Å². The molecule has 1 heteroatoms. The fraction of sp³-hybridized carbons (Fsp3) is 0.333. The van der Waals surface area contributed by atoms with E-state index in [0.717, 1.165) is 6.42 Å². The highest BCUT2D eigenvalue weighted by Crippen LogP contribution is 2.26. The van der Waals surface area contributed by atoms with E-state index in [1.54, 1.807) is 11.8 Å². The Morgan fingerprint density at radius 2 is 2.50 bits per heavy atom. The van der Waals surface area contributed by atoms with Crippen LogP contribution in [0.2, 0.25) is 0 Å². The van der Waals surface area contributed by atoms with Crippen molar-refractivity contribution in [2.45, 2.75) is 12.8 Å². The molecule has 54 valence electrons. The zero-order chi connectivity index (χ0) is 7.40. The first-order valence-electron chi connectivity index (χ1n) is 3.44. The SMILES string of the molecule is C=CC1=C(SC)C=CCC1. The van der Waals surface area contributed by atoms with Crippen LogP contribution in [0.4, 0.5) is 0 Å². The molecule has 0 atom stereocenters. The molecule has 1 aliphatic carbocycles. The van der Waals surface area contributed by atoms with E-state index < -0.39 is 0 Å². The lowest BCUT2D eigenvalue weighted by atomic mass is 10.1. The highest BCUT2D eigenvalue weighted by Gasteiger charge is 2.02. The third kappa shape index (κ3) is 1.54. The van der Waals surface area contributed by atoms with Crippen molar-refractivity contribution >= 4 is 11.8 Å². The Bertz CT molecular complexity index is 187. The third-order valence-electron chi connectivity index (χ3n) is 1.63. The Kier molecular flexibility index (Phi) is 2.82. The number of hydrogen-bond donors (Lipinski definition) is 0. The van der Waals surface area contributed by atoms with Crippen LogP contribution in [0.1, 0.15) is 12.8 Å². The summed E-state index contributed by atoms with van der Waals surface area (Å²) in [6, 6.07) is 0. The van der Waals surface area contributed by atoms with Crippen molar-refractivity contribution in [1.82, 2.24) is 0 Å². The van der Waals surface area contributed by atoms with E-state index in [1.807, 2.05) is 6.08 Å². The van der Waals surface area contributed by atoms with Gasteiger partial charge in [0.25, 0.3) is 0 Å². The van der Waals surface area contributed by atoms with Crippen LogP contribution in [0.15, 0.2) is 35.3 Å². The number of allylic oxidation sites excluding steroid dienone is 4. The second-order valence-corrected chi connectivity index (χ2v) is 3.09. The summed E-state index contributed by atoms with van der Waals surface area (Å²) in [5.74, 6) is 0. The maximum atomic E-state index is 3.78. The molecule has 0 heterocycles. The lowest BCUT2D eigenvalue weighted by molar-refractivity contribution is 0.988. The van der Waals surface area contributed by atoms with Crippen molar-refractivity contribution in [1.29, 1.82) is 0 Å². The second-order valence-electron chi connectivity index (χ2n) is 2.24. The van der Waals surface area contributed by atoms with Crippen LogP contribution in [0.5, 0.6) is 0 Å². The van der Waals surface area contributed by atoms with Gasteiger partial charge in [-0.05, 0) is 24.7 Å². The monoisotopic (exact) mass is 152 g/mol. The number of thioether (sulfide) groups is 1. The molecule has 1 rings (SSSR count). The van der Waals surface area contributed by atoms with Crippen LogP contribution in [0, 0.1) is 0 Å². The maximum Gasteiger partial charge on any atom is 0.00979 e. The highest BCUT2D eigenvalue weighted by atomic mass is 32.2. The van der Waals surface area contributed by atoms with Crippen LogP contribution in [-0.4, -0.2) is 6.26 Å². The van der Waals surface area contributed by atoms with E-state index in [0.29, 0.717) is 0 Å². The molecule has 0 spiro atoms. The topological polar surface area (TPSA) is 0 Å². The lowest BCUT2D eigenvalue weighted by Crippen LogP contribution is -1.87. The second kappa shape index (κ2) is 3.67. The van der Waals surface area contributed by atoms with E-state index in [4.69, 9.17) is 0 Å². The molecule has 0 aromatic rings. The van der Waals surface area contributed by atoms with Crippen molar-refractivity contribution in [3.63, 3.8) is 0 Å². The molecule has 0 saturated carbocycles. The zero-order valence-corrected chi connectivity index (χ0v) is 7.08. The summed E-state index contributed by atoms with van der Waals surface area (Å²) in [6.07, 6.45) is 10.8. The van der Waals surface area contributed by atoms with Crippen molar-refractivity contribution in [2.24, 2.45) is 0 Å². The van der Waals surface area contributed by atoms with E-state index in [2.05, 4.69) is 25.0 Å². The van der Waals surface area contributed by atoms with E-state index in [9.17, 15) is 0 Å². The van der Waals surface area contributed by atoms with Gasteiger partial charge in [-0.25, -0.2) is 0 Å². The minimum atomic E-state index is 1.16. The molecule has 0 radical (unpaired) electrons. The van der Waals surface area contributed by atoms with Crippen LogP contribution in [0.25, 0.3) is 0 Å². The first kappa shape index (κ1) is 7.67. The highest BCUT2D eigenvalue weighted by molar-refractivity contribution is 8.02. The fourth-order valence-corrected chi connectivity index (χ4v) is 1.74. The number of rotatable bonds is 2. The van der Waals surface area contributed by atoms with Crippen LogP contribution < -0.4 is 0 Å². The third-order valence-corrected chi connectivity index (χ3v) is 2.47. The first-order valence-corrected chi connectivity index (χ1v) is 4.67. The van der Waals surface area contributed by atoms with E-state index >= 15 is 0 Å². The van der Waals surface area contributed by atoms with Gasteiger partial charge in [-0.2, -0.15) is 0 Å². The summed E-state index contributed by atoms with van der Waals surface area (Å²) in [4.78, 5) is 1.38. The molecule has 1 aliphatic rings. The van der Waals surface area contributed by atoms with Crippen LogP contribution in [0.3, 0.4) is 0 Å². The molecule has 0 saturated heterocycles. The van der Waals surface area contributed by atoms with Crippen molar-refractivity contribution < 1.29 is 0 Å². The minimum Gasteiger partial charge on any atom is -0.129 e. The molecule has 0 bridgehead atoms. The summed E-state index contributed by atoms with van der Waals surface area (Å²) in [7, 11) is 0. The van der Waals surface area contributed by atoms with Gasteiger partial charge in [-0.1, -0.05) is 24.8 Å². The smallest absolute Gasteiger partial charge is 0.00979 e. The molecule has 0 fully saturated rings. The average molecular weight is 152 g/mol. The fourth-order valence-electron chi connectivity index (χ4n) is 1.06. The van der Waals surface area contributed by atoms with Gasteiger partial charge in [0.05, 0.1) is 0 Å². The molecule has 0 unspecified atom stereocenters. The molecule has 0 nitrogen and oxygen atoms in total. The van der Waals surface area contributed by atoms with Crippen LogP contribution in [-0.2, 0) is 0 Å². The Hall–Kier alpha value is -0.430. The van der Waals surface area contributed by atoms with Gasteiger partial charge < -0.3 is 0 Å². The summed E-state index contributed by atoms with van der Waals surface area (Å²) in [5, 5.41) is 0. The largest absolute Gasteiger partial charge is 0.129 e. The summed E-state index contributed by atoms with van der Waals surface area (Å²) >= 11 is 1.80. The predicted molar refractivity (Wildman–Crippen MR) is 49.1 cm³/mol. The molecule has 0 N–H and O–H groups in total. The predicted octanol–water partition coefficient (Wildman–Crippen LogP) is 3.14. The standard InChI is InChI=1S/C9H12S/c1-3-8-6-4-5-7-9(8)10-2/h3,5,7H,1,4,6H2,2H3. The Labute approximate surface area is 66.7 Å². The van der Waals surface area contributed by atoms with Gasteiger partial charge in [0, 0.05) is 4.91 Å². The molecule has 0 amide bonds. The van der Waals surface area contributed by atoms with Crippen LogP contribution >= 0.6 is 11.8 Å². The molecule has 0 aromatic heterocycles. The van der Waals surface area contributed by atoms with Gasteiger partial charge in [-0.15, -0.1) is 11.8 Å². The van der Waals surface area contributed by atoms with Crippen molar-refractivity contribution in [3.8, 4) is 0 Å². The molecular weight excluding hydrogens is 140 g/mol. The Morgan fingerprint density at radius 1 is 1.70 bits per heavy atom. The molecular formula is C9H12S. The zero-order valence-electron chi connectivity index (χ0n) is 6.26. The molecule has 0 aliphatic heterocycles. The lowest BCUT2D eigenvalue weighted by Gasteiger charge is -2.09. The summed E-state index contributed by atoms with van der Waals surface area (Å²) in [5.41, 5.74) is 1.40. The average Bonchev–Trinajstić information content (AvgIpc) is 2.04. The van der Waals surface area contributed by atoms with Gasteiger partial charge in [0.2, 0.25) is 0 Å². The van der Waals surface area contributed by atoms with Gasteiger partial charge in [-0.3, -0.25) is 0 Å². The van der Waals surface area contributed by atoms with Gasteiger partial charge in [0.1, 0.15) is 0 Å². The summed E-state index contributed by atoms with van der Waals surface area (Å²) in [6.45, 7) is 3.78. The van der Waals surface area contributed by atoms with E-state index in [-0.39, 0.29) is 0 Å². The quantitative estimate of drug-likeness (QED) is 0.585. The molecule has 10 heavy (non-hydrogen) atoms.